The van der Waals surface area contributed by atoms with Gasteiger partial charge in [-0.3, -0.25) is 0 Å². The Morgan fingerprint density at radius 3 is 1.31 bits per heavy atom. The number of benzene rings is 10. The zero-order valence-corrected chi connectivity index (χ0v) is 36.1. The molecule has 298 valence electrons. The molecule has 0 bridgehead atoms. The fourth-order valence-electron chi connectivity index (χ4n) is 11.4. The first-order valence-electron chi connectivity index (χ1n) is 22.3. The lowest BCUT2D eigenvalue weighted by molar-refractivity contribution is 1.17. The van der Waals surface area contributed by atoms with Crippen molar-refractivity contribution in [2.45, 2.75) is 0 Å². The first kappa shape index (κ1) is 36.7. The lowest BCUT2D eigenvalue weighted by Gasteiger charge is -2.43. The van der Waals surface area contributed by atoms with Gasteiger partial charge in [0.2, 0.25) is 6.71 Å². The molecule has 0 fully saturated rings. The molecule has 0 N–H and O–H groups in total. The van der Waals surface area contributed by atoms with Crippen molar-refractivity contribution in [3.8, 4) is 22.5 Å². The Morgan fingerprint density at radius 1 is 0.297 bits per heavy atom. The molecular formula is C60H41BN2Si. The van der Waals surface area contributed by atoms with Crippen molar-refractivity contribution in [1.29, 1.82) is 0 Å². The molecule has 4 heteroatoms. The zero-order valence-electron chi connectivity index (χ0n) is 35.1. The minimum absolute atomic E-state index is 0.0489. The van der Waals surface area contributed by atoms with Gasteiger partial charge in [-0.1, -0.05) is 217 Å². The Balaban J connectivity index is 0.989. The Bertz CT molecular complexity index is 3610. The Hall–Kier alpha value is -7.92. The second-order valence-corrected chi connectivity index (χ2v) is 20.9. The van der Waals surface area contributed by atoms with Gasteiger partial charge in [0.1, 0.15) is 0 Å². The summed E-state index contributed by atoms with van der Waals surface area (Å²) in [6.45, 7) is 0.0489. The van der Waals surface area contributed by atoms with Crippen molar-refractivity contribution >= 4 is 95.5 Å². The van der Waals surface area contributed by atoms with Crippen LogP contribution < -0.4 is 37.1 Å². The van der Waals surface area contributed by atoms with Crippen LogP contribution >= 0.6 is 0 Å². The van der Waals surface area contributed by atoms with Gasteiger partial charge in [-0.2, -0.15) is 0 Å². The number of rotatable bonds is 6. The minimum atomic E-state index is -2.70. The molecule has 0 radical (unpaired) electrons. The van der Waals surface area contributed by atoms with E-state index in [0.29, 0.717) is 0 Å². The number of para-hydroxylation sites is 3. The fourth-order valence-corrected chi connectivity index (χ4v) is 16.7. The molecule has 0 amide bonds. The highest BCUT2D eigenvalue weighted by Crippen LogP contribution is 2.37. The van der Waals surface area contributed by atoms with Crippen LogP contribution in [0.25, 0.3) is 66.1 Å². The van der Waals surface area contributed by atoms with Crippen molar-refractivity contribution < 1.29 is 0 Å². The normalized spacial score (nSPS) is 13.1. The highest BCUT2D eigenvalue weighted by molar-refractivity contribution is 7.26. The van der Waals surface area contributed by atoms with E-state index >= 15 is 0 Å². The molecule has 0 saturated heterocycles. The van der Waals surface area contributed by atoms with Crippen molar-refractivity contribution in [1.82, 2.24) is 9.13 Å². The lowest BCUT2D eigenvalue weighted by atomic mass is 9.35. The van der Waals surface area contributed by atoms with E-state index in [9.17, 15) is 0 Å². The molecular weight excluding hydrogens is 788 g/mol. The van der Waals surface area contributed by atoms with Crippen LogP contribution in [-0.4, -0.2) is 23.9 Å². The maximum Gasteiger partial charge on any atom is 0.241 e. The van der Waals surface area contributed by atoms with E-state index in [1.54, 1.807) is 0 Å². The van der Waals surface area contributed by atoms with Crippen LogP contribution in [-0.2, 0) is 0 Å². The molecule has 64 heavy (non-hydrogen) atoms. The third kappa shape index (κ3) is 5.33. The smallest absolute Gasteiger partial charge is 0.241 e. The molecule has 0 aliphatic carbocycles. The van der Waals surface area contributed by atoms with Crippen LogP contribution in [0.15, 0.2) is 249 Å². The molecule has 12 aromatic rings. The van der Waals surface area contributed by atoms with E-state index in [4.69, 9.17) is 0 Å². The molecule has 13 rings (SSSR count). The second kappa shape index (κ2) is 14.6. The van der Waals surface area contributed by atoms with Crippen molar-refractivity contribution in [3.05, 3.63) is 249 Å². The summed E-state index contributed by atoms with van der Waals surface area (Å²) in [5, 5.41) is 10.8. The third-order valence-corrected chi connectivity index (χ3v) is 18.9. The predicted molar refractivity (Wildman–Crippen MR) is 275 cm³/mol. The molecule has 1 aliphatic rings. The summed E-state index contributed by atoms with van der Waals surface area (Å²) in [7, 11) is -2.70. The second-order valence-electron chi connectivity index (χ2n) is 17.2. The molecule has 3 heterocycles. The summed E-state index contributed by atoms with van der Waals surface area (Å²) in [5.41, 5.74) is 13.7. The van der Waals surface area contributed by atoms with E-state index in [1.165, 1.54) is 91.9 Å². The van der Waals surface area contributed by atoms with Crippen LogP contribution in [0.2, 0.25) is 0 Å². The topological polar surface area (TPSA) is 9.86 Å². The number of hydrogen-bond acceptors (Lipinski definition) is 0. The van der Waals surface area contributed by atoms with Gasteiger partial charge in [0.05, 0.1) is 22.1 Å². The maximum absolute atomic E-state index is 2.70. The average Bonchev–Trinajstić information content (AvgIpc) is 3.89. The van der Waals surface area contributed by atoms with Crippen LogP contribution in [0.5, 0.6) is 0 Å². The standard InChI is InChI=1S/C60H41BN2Si/c1-3-22-45(23-4-1)64(46-24-5-2-6-25-46)59-36-17-12-31-53(59)61(54-32-13-18-37-60(54)64)52-30-11-7-26-47(52)42-20-19-21-43(40-42)62-57-35-16-10-29-50(57)51-41-44(38-39-58(51)62)63-55-33-14-8-27-48(55)49-28-9-15-34-56(49)63/h1-41H. The van der Waals surface area contributed by atoms with Gasteiger partial charge < -0.3 is 9.13 Å². The Kier molecular flexibility index (Phi) is 8.37. The largest absolute Gasteiger partial charge is 0.309 e. The summed E-state index contributed by atoms with van der Waals surface area (Å²) < 4.78 is 4.87. The summed E-state index contributed by atoms with van der Waals surface area (Å²) >= 11 is 0. The SMILES string of the molecule is c1ccc([Si]2(c3ccccc3)c3ccccc3B(c3ccccc3-c3cccc(-n4c5ccccc5c5cc(-n6c7ccccc7c7ccccc76)ccc54)c3)c3ccccc32)cc1. The lowest BCUT2D eigenvalue weighted by Crippen LogP contribution is -2.86. The van der Waals surface area contributed by atoms with Gasteiger partial charge in [-0.15, -0.1) is 0 Å². The molecule has 10 aromatic carbocycles. The maximum atomic E-state index is 2.46. The van der Waals surface area contributed by atoms with Gasteiger partial charge in [0.25, 0.3) is 0 Å². The first-order valence-corrected chi connectivity index (χ1v) is 24.3. The number of fused-ring (bicyclic) bond motifs is 8. The van der Waals surface area contributed by atoms with Crippen molar-refractivity contribution in [2.75, 3.05) is 0 Å². The predicted octanol–water partition coefficient (Wildman–Crippen LogP) is 9.75. The van der Waals surface area contributed by atoms with Gasteiger partial charge in [0.15, 0.2) is 8.07 Å². The highest BCUT2D eigenvalue weighted by atomic mass is 28.3. The molecule has 0 saturated carbocycles. The van der Waals surface area contributed by atoms with E-state index in [2.05, 4.69) is 258 Å². The zero-order chi connectivity index (χ0) is 42.2. The van der Waals surface area contributed by atoms with Gasteiger partial charge in [0, 0.05) is 32.9 Å². The van der Waals surface area contributed by atoms with E-state index in [0.717, 1.165) is 11.4 Å². The van der Waals surface area contributed by atoms with Gasteiger partial charge >= 0.3 is 0 Å². The highest BCUT2D eigenvalue weighted by Gasteiger charge is 2.50. The summed E-state index contributed by atoms with van der Waals surface area (Å²) in [6, 6.07) is 93.0. The van der Waals surface area contributed by atoms with E-state index < -0.39 is 8.07 Å². The molecule has 0 spiro atoms. The van der Waals surface area contributed by atoms with Crippen molar-refractivity contribution in [2.24, 2.45) is 0 Å². The monoisotopic (exact) mass is 828 g/mol. The van der Waals surface area contributed by atoms with E-state index in [-0.39, 0.29) is 6.71 Å². The minimum Gasteiger partial charge on any atom is -0.309 e. The van der Waals surface area contributed by atoms with Crippen LogP contribution in [0.4, 0.5) is 0 Å². The molecule has 1 aliphatic heterocycles. The Morgan fingerprint density at radius 2 is 0.734 bits per heavy atom. The summed E-state index contributed by atoms with van der Waals surface area (Å²) in [5.74, 6) is 0. The van der Waals surface area contributed by atoms with Gasteiger partial charge in [-0.05, 0) is 80.4 Å². The van der Waals surface area contributed by atoms with Crippen LogP contribution in [0, 0.1) is 0 Å². The first-order chi connectivity index (χ1) is 31.8. The van der Waals surface area contributed by atoms with Gasteiger partial charge in [-0.25, -0.2) is 0 Å². The third-order valence-electron chi connectivity index (χ3n) is 13.9. The number of aromatic nitrogens is 2. The quantitative estimate of drug-likeness (QED) is 0.148. The average molecular weight is 829 g/mol. The Labute approximate surface area is 374 Å². The number of hydrogen-bond donors (Lipinski definition) is 0. The molecule has 2 aromatic heterocycles. The summed E-state index contributed by atoms with van der Waals surface area (Å²) in [4.78, 5) is 0. The molecule has 0 atom stereocenters. The van der Waals surface area contributed by atoms with Crippen LogP contribution in [0.3, 0.4) is 0 Å². The van der Waals surface area contributed by atoms with Crippen LogP contribution in [0.1, 0.15) is 0 Å². The van der Waals surface area contributed by atoms with E-state index in [1.807, 2.05) is 0 Å². The summed E-state index contributed by atoms with van der Waals surface area (Å²) in [6.07, 6.45) is 0. The molecule has 2 nitrogen and oxygen atoms in total. The number of nitrogens with zero attached hydrogens (tertiary/aromatic N) is 2. The van der Waals surface area contributed by atoms with Crippen molar-refractivity contribution in [3.63, 3.8) is 0 Å². The fraction of sp³-hybridized carbons (Fsp3) is 0. The molecule has 0 unspecified atom stereocenters.